The van der Waals surface area contributed by atoms with Crippen LogP contribution < -0.4 is 4.74 Å². The number of hydrogen-bond donors (Lipinski definition) is 0. The minimum atomic E-state index is -2.99. The van der Waals surface area contributed by atoms with Gasteiger partial charge >= 0.3 is 0 Å². The van der Waals surface area contributed by atoms with Crippen LogP contribution in [0.3, 0.4) is 0 Å². The third-order valence-corrected chi connectivity index (χ3v) is 3.92. The highest BCUT2D eigenvalue weighted by Gasteiger charge is 2.30. The van der Waals surface area contributed by atoms with Gasteiger partial charge in [0.15, 0.2) is 6.61 Å². The predicted molar refractivity (Wildman–Crippen MR) is 85.3 cm³/mol. The molecular weight excluding hydrogens is 317 g/mol. The maximum Gasteiger partial charge on any atom is 0.278 e. The summed E-state index contributed by atoms with van der Waals surface area (Å²) >= 11 is 0. The molecule has 126 valence electrons. The van der Waals surface area contributed by atoms with Crippen molar-refractivity contribution in [2.75, 3.05) is 6.61 Å². The molecule has 2 aromatic rings. The minimum absolute atomic E-state index is 0.231. The van der Waals surface area contributed by atoms with E-state index in [-0.39, 0.29) is 17.5 Å². The van der Waals surface area contributed by atoms with Crippen LogP contribution in [-0.4, -0.2) is 18.8 Å². The minimum Gasteiger partial charge on any atom is -0.487 e. The van der Waals surface area contributed by atoms with Crippen LogP contribution in [0.15, 0.2) is 36.4 Å². The Labute approximate surface area is 138 Å². The first-order valence-corrected chi connectivity index (χ1v) is 7.77. The summed E-state index contributed by atoms with van der Waals surface area (Å²) in [6.45, 7) is -0.0104. The maximum atomic E-state index is 13.2. The van der Waals surface area contributed by atoms with E-state index in [0.29, 0.717) is 23.0 Å². The molecule has 0 aromatic heterocycles. The summed E-state index contributed by atoms with van der Waals surface area (Å²) in [6, 6.07) is 9.04. The Hall–Kier alpha value is -2.30. The molecule has 2 nitrogen and oxygen atoms in total. The van der Waals surface area contributed by atoms with E-state index in [1.807, 2.05) is 0 Å². The van der Waals surface area contributed by atoms with Gasteiger partial charge in [-0.05, 0) is 54.2 Å². The summed E-state index contributed by atoms with van der Waals surface area (Å²) in [6.07, 6.45) is 2.62. The molecule has 1 aliphatic carbocycles. The zero-order chi connectivity index (χ0) is 17.3. The number of aldehydes is 1. The van der Waals surface area contributed by atoms with Crippen molar-refractivity contribution in [3.05, 3.63) is 53.3 Å². The average molecular weight is 334 g/mol. The molecule has 0 saturated heterocycles. The largest absolute Gasteiger partial charge is 0.487 e. The predicted octanol–water partition coefficient (Wildman–Crippen LogP) is 5.22. The Morgan fingerprint density at radius 3 is 2.42 bits per heavy atom. The Morgan fingerprint density at radius 1 is 1.21 bits per heavy atom. The Morgan fingerprint density at radius 2 is 1.88 bits per heavy atom. The van der Waals surface area contributed by atoms with E-state index in [9.17, 15) is 18.0 Å². The zero-order valence-electron chi connectivity index (χ0n) is 13.2. The van der Waals surface area contributed by atoms with E-state index in [4.69, 9.17) is 4.74 Å². The quantitative estimate of drug-likeness (QED) is 0.677. The monoisotopic (exact) mass is 334 g/mol. The standard InChI is InChI=1S/C19H17F3O2/c1-19(21,22)11-24-17-9-12(10-23)8-16(13-2-3-13)18(17)14-4-6-15(20)7-5-14/h4-10,13H,2-3,11H2,1H3. The molecule has 0 radical (unpaired) electrons. The van der Waals surface area contributed by atoms with Gasteiger partial charge in [0.1, 0.15) is 17.9 Å². The first-order chi connectivity index (χ1) is 11.4. The fraction of sp³-hybridized carbons (Fsp3) is 0.316. The second kappa shape index (κ2) is 6.30. The summed E-state index contributed by atoms with van der Waals surface area (Å²) in [5, 5.41) is 0. The number of benzene rings is 2. The molecule has 0 atom stereocenters. The molecule has 1 aliphatic rings. The Balaban J connectivity index is 2.11. The third kappa shape index (κ3) is 3.78. The molecule has 1 fully saturated rings. The van der Waals surface area contributed by atoms with Crippen LogP contribution in [-0.2, 0) is 0 Å². The second-order valence-electron chi connectivity index (χ2n) is 6.24. The van der Waals surface area contributed by atoms with Crippen LogP contribution in [0, 0.1) is 5.82 Å². The van der Waals surface area contributed by atoms with Gasteiger partial charge < -0.3 is 4.74 Å². The van der Waals surface area contributed by atoms with Gasteiger partial charge in [0.2, 0.25) is 0 Å². The topological polar surface area (TPSA) is 26.3 Å². The summed E-state index contributed by atoms with van der Waals surface area (Å²) in [5.74, 6) is -2.86. The smallest absolute Gasteiger partial charge is 0.278 e. The van der Waals surface area contributed by atoms with Crippen LogP contribution in [0.25, 0.3) is 11.1 Å². The van der Waals surface area contributed by atoms with E-state index in [2.05, 4.69) is 0 Å². The number of carbonyl (C=O) groups is 1. The third-order valence-electron chi connectivity index (χ3n) is 3.92. The molecule has 0 bridgehead atoms. The molecule has 5 heteroatoms. The van der Waals surface area contributed by atoms with Gasteiger partial charge in [-0.3, -0.25) is 4.79 Å². The van der Waals surface area contributed by atoms with Crippen LogP contribution in [0.4, 0.5) is 13.2 Å². The molecule has 2 aromatic carbocycles. The molecule has 3 rings (SSSR count). The van der Waals surface area contributed by atoms with Crippen molar-refractivity contribution in [3.63, 3.8) is 0 Å². The van der Waals surface area contributed by atoms with Crippen molar-refractivity contribution in [2.24, 2.45) is 0 Å². The van der Waals surface area contributed by atoms with E-state index >= 15 is 0 Å². The van der Waals surface area contributed by atoms with E-state index in [1.165, 1.54) is 18.2 Å². The van der Waals surface area contributed by atoms with Crippen molar-refractivity contribution >= 4 is 6.29 Å². The van der Waals surface area contributed by atoms with Crippen LogP contribution in [0.1, 0.15) is 41.6 Å². The molecule has 24 heavy (non-hydrogen) atoms. The number of halogens is 3. The summed E-state index contributed by atoms with van der Waals surface area (Å²) in [5.41, 5.74) is 2.62. The van der Waals surface area contributed by atoms with E-state index in [1.54, 1.807) is 18.2 Å². The molecule has 0 unspecified atom stereocenters. The molecule has 0 aliphatic heterocycles. The number of carbonyl (C=O) groups excluding carboxylic acids is 1. The van der Waals surface area contributed by atoms with Crippen molar-refractivity contribution in [3.8, 4) is 16.9 Å². The van der Waals surface area contributed by atoms with Crippen LogP contribution in [0.2, 0.25) is 0 Å². The lowest BCUT2D eigenvalue weighted by Gasteiger charge is -2.19. The van der Waals surface area contributed by atoms with Crippen LogP contribution in [0.5, 0.6) is 5.75 Å². The number of hydrogen-bond acceptors (Lipinski definition) is 2. The van der Waals surface area contributed by atoms with Crippen molar-refractivity contribution in [1.29, 1.82) is 0 Å². The molecule has 0 N–H and O–H groups in total. The fourth-order valence-corrected chi connectivity index (χ4v) is 2.69. The summed E-state index contributed by atoms with van der Waals surface area (Å²) in [7, 11) is 0. The van der Waals surface area contributed by atoms with E-state index < -0.39 is 12.5 Å². The Kier molecular flexibility index (Phi) is 4.35. The SMILES string of the molecule is CC(F)(F)COc1cc(C=O)cc(C2CC2)c1-c1ccc(F)cc1. The normalized spacial score (nSPS) is 14.5. The van der Waals surface area contributed by atoms with Crippen molar-refractivity contribution < 1.29 is 22.7 Å². The zero-order valence-corrected chi connectivity index (χ0v) is 13.2. The first-order valence-electron chi connectivity index (χ1n) is 7.77. The highest BCUT2D eigenvalue weighted by atomic mass is 19.3. The van der Waals surface area contributed by atoms with Crippen LogP contribution >= 0.6 is 0 Å². The van der Waals surface area contributed by atoms with Gasteiger partial charge in [-0.1, -0.05) is 12.1 Å². The van der Waals surface area contributed by atoms with Gasteiger partial charge in [0.25, 0.3) is 5.92 Å². The molecule has 0 spiro atoms. The highest BCUT2D eigenvalue weighted by molar-refractivity contribution is 5.83. The van der Waals surface area contributed by atoms with Gasteiger partial charge in [0, 0.05) is 18.1 Å². The maximum absolute atomic E-state index is 13.2. The highest BCUT2D eigenvalue weighted by Crippen LogP contribution is 2.48. The van der Waals surface area contributed by atoms with Gasteiger partial charge in [0.05, 0.1) is 0 Å². The average Bonchev–Trinajstić information content (AvgIpc) is 3.37. The molecular formula is C19H17F3O2. The molecule has 0 heterocycles. The summed E-state index contributed by atoms with van der Waals surface area (Å²) < 4.78 is 45.0. The van der Waals surface area contributed by atoms with Gasteiger partial charge in [-0.25, -0.2) is 13.2 Å². The summed E-state index contributed by atoms with van der Waals surface area (Å²) in [4.78, 5) is 11.2. The van der Waals surface area contributed by atoms with E-state index in [0.717, 1.165) is 25.3 Å². The number of rotatable bonds is 6. The fourth-order valence-electron chi connectivity index (χ4n) is 2.69. The Bertz CT molecular complexity index is 744. The second-order valence-corrected chi connectivity index (χ2v) is 6.24. The number of ether oxygens (including phenoxy) is 1. The van der Waals surface area contributed by atoms with Gasteiger partial charge in [-0.15, -0.1) is 0 Å². The van der Waals surface area contributed by atoms with Crippen molar-refractivity contribution in [2.45, 2.75) is 31.6 Å². The lowest BCUT2D eigenvalue weighted by Crippen LogP contribution is -2.21. The lowest BCUT2D eigenvalue weighted by atomic mass is 9.93. The molecule has 1 saturated carbocycles. The van der Waals surface area contributed by atoms with Crippen molar-refractivity contribution in [1.82, 2.24) is 0 Å². The first kappa shape index (κ1) is 16.6. The van der Waals surface area contributed by atoms with Gasteiger partial charge in [-0.2, -0.15) is 0 Å². The molecule has 0 amide bonds. The number of alkyl halides is 2. The lowest BCUT2D eigenvalue weighted by molar-refractivity contribution is -0.0228.